The maximum atomic E-state index is 11.6. The number of ether oxygens (including phenoxy) is 1. The Hall–Kier alpha value is -1.26. The van der Waals surface area contributed by atoms with Crippen molar-refractivity contribution in [3.05, 3.63) is 28.8 Å². The number of benzene rings is 1. The second-order valence-electron chi connectivity index (χ2n) is 3.99. The van der Waals surface area contributed by atoms with Gasteiger partial charge in [0, 0.05) is 37.1 Å². The van der Waals surface area contributed by atoms with Crippen LogP contribution in [0.5, 0.6) is 5.75 Å². The number of carbonyl (C=O) groups is 1. The van der Waals surface area contributed by atoms with Crippen LogP contribution >= 0.6 is 11.6 Å². The quantitative estimate of drug-likeness (QED) is 0.894. The van der Waals surface area contributed by atoms with Gasteiger partial charge >= 0.3 is 0 Å². The molecule has 0 heterocycles. The smallest absolute Gasteiger partial charge is 0.223 e. The van der Waals surface area contributed by atoms with E-state index < -0.39 is 6.04 Å². The molecule has 5 heteroatoms. The van der Waals surface area contributed by atoms with Gasteiger partial charge < -0.3 is 15.4 Å². The first-order valence-electron chi connectivity index (χ1n) is 5.25. The SMILES string of the molecule is COc1ccc(Cl)cc1C(N)CC(=O)N(C)C. The molecule has 0 aliphatic rings. The summed E-state index contributed by atoms with van der Waals surface area (Å²) in [6.45, 7) is 0. The molecule has 1 aromatic rings. The van der Waals surface area contributed by atoms with E-state index in [0.717, 1.165) is 5.56 Å². The van der Waals surface area contributed by atoms with Gasteiger partial charge in [-0.1, -0.05) is 11.6 Å². The van der Waals surface area contributed by atoms with E-state index in [2.05, 4.69) is 0 Å². The van der Waals surface area contributed by atoms with Crippen molar-refractivity contribution in [1.82, 2.24) is 4.90 Å². The third-order valence-electron chi connectivity index (χ3n) is 2.48. The summed E-state index contributed by atoms with van der Waals surface area (Å²) >= 11 is 5.91. The summed E-state index contributed by atoms with van der Waals surface area (Å²) in [5.74, 6) is 0.619. The molecule has 0 spiro atoms. The Balaban J connectivity index is 2.91. The number of methoxy groups -OCH3 is 1. The molecule has 0 saturated carbocycles. The molecule has 4 nitrogen and oxygen atoms in total. The highest BCUT2D eigenvalue weighted by Gasteiger charge is 2.17. The molecule has 1 rings (SSSR count). The van der Waals surface area contributed by atoms with Crippen molar-refractivity contribution in [2.24, 2.45) is 5.73 Å². The van der Waals surface area contributed by atoms with Crippen molar-refractivity contribution in [3.63, 3.8) is 0 Å². The second-order valence-corrected chi connectivity index (χ2v) is 4.42. The monoisotopic (exact) mass is 256 g/mol. The molecule has 0 fully saturated rings. The molecule has 1 aromatic carbocycles. The molecule has 0 bridgehead atoms. The van der Waals surface area contributed by atoms with E-state index >= 15 is 0 Å². The highest BCUT2D eigenvalue weighted by Crippen LogP contribution is 2.28. The van der Waals surface area contributed by atoms with Crippen LogP contribution in [0.1, 0.15) is 18.0 Å². The van der Waals surface area contributed by atoms with Gasteiger partial charge in [-0.2, -0.15) is 0 Å². The zero-order valence-electron chi connectivity index (χ0n) is 10.2. The minimum Gasteiger partial charge on any atom is -0.496 e. The first kappa shape index (κ1) is 13.8. The number of nitrogens with zero attached hydrogens (tertiary/aromatic N) is 1. The third kappa shape index (κ3) is 3.61. The lowest BCUT2D eigenvalue weighted by Gasteiger charge is -2.18. The van der Waals surface area contributed by atoms with Crippen LogP contribution < -0.4 is 10.5 Å². The number of carbonyl (C=O) groups excluding carboxylic acids is 1. The van der Waals surface area contributed by atoms with Crippen molar-refractivity contribution in [1.29, 1.82) is 0 Å². The van der Waals surface area contributed by atoms with E-state index in [9.17, 15) is 4.79 Å². The van der Waals surface area contributed by atoms with Gasteiger partial charge in [0.1, 0.15) is 5.75 Å². The fraction of sp³-hybridized carbons (Fsp3) is 0.417. The minimum atomic E-state index is -0.418. The highest BCUT2D eigenvalue weighted by molar-refractivity contribution is 6.30. The second kappa shape index (κ2) is 5.89. The van der Waals surface area contributed by atoms with Crippen molar-refractivity contribution in [2.75, 3.05) is 21.2 Å². The molecular formula is C12H17ClN2O2. The van der Waals surface area contributed by atoms with Crippen molar-refractivity contribution in [2.45, 2.75) is 12.5 Å². The molecule has 1 amide bonds. The Kier molecular flexibility index (Phi) is 4.78. The van der Waals surface area contributed by atoms with Crippen LogP contribution in [0, 0.1) is 0 Å². The number of halogens is 1. The molecule has 0 aromatic heterocycles. The van der Waals surface area contributed by atoms with E-state index in [-0.39, 0.29) is 12.3 Å². The molecule has 1 unspecified atom stereocenters. The highest BCUT2D eigenvalue weighted by atomic mass is 35.5. The van der Waals surface area contributed by atoms with Gasteiger partial charge in [0.25, 0.3) is 0 Å². The van der Waals surface area contributed by atoms with Gasteiger partial charge in [-0.25, -0.2) is 0 Å². The Labute approximate surface area is 106 Å². The van der Waals surface area contributed by atoms with Gasteiger partial charge in [0.2, 0.25) is 5.91 Å². The first-order valence-corrected chi connectivity index (χ1v) is 5.62. The Morgan fingerprint density at radius 3 is 2.71 bits per heavy atom. The van der Waals surface area contributed by atoms with Crippen molar-refractivity contribution >= 4 is 17.5 Å². The largest absolute Gasteiger partial charge is 0.496 e. The Bertz CT molecular complexity index is 407. The van der Waals surface area contributed by atoms with E-state index in [1.165, 1.54) is 4.90 Å². The Morgan fingerprint density at radius 1 is 1.53 bits per heavy atom. The van der Waals surface area contributed by atoms with E-state index in [4.69, 9.17) is 22.1 Å². The number of hydrogen-bond donors (Lipinski definition) is 1. The molecular weight excluding hydrogens is 240 g/mol. The summed E-state index contributed by atoms with van der Waals surface area (Å²) in [5, 5.41) is 0.577. The van der Waals surface area contributed by atoms with Crippen LogP contribution in [-0.4, -0.2) is 32.0 Å². The van der Waals surface area contributed by atoms with E-state index in [1.54, 1.807) is 39.4 Å². The Morgan fingerprint density at radius 2 is 2.18 bits per heavy atom. The lowest BCUT2D eigenvalue weighted by molar-refractivity contribution is -0.129. The predicted molar refractivity (Wildman–Crippen MR) is 68.2 cm³/mol. The van der Waals surface area contributed by atoms with Crippen LogP contribution in [0.3, 0.4) is 0 Å². The first-order chi connectivity index (χ1) is 7.95. The summed E-state index contributed by atoms with van der Waals surface area (Å²) in [7, 11) is 4.96. The molecule has 94 valence electrons. The summed E-state index contributed by atoms with van der Waals surface area (Å²) in [5.41, 5.74) is 6.74. The predicted octanol–water partition coefficient (Wildman–Crippen LogP) is 1.83. The average Bonchev–Trinajstić information content (AvgIpc) is 2.28. The fourth-order valence-corrected chi connectivity index (χ4v) is 1.66. The number of rotatable bonds is 4. The van der Waals surface area contributed by atoms with Crippen molar-refractivity contribution < 1.29 is 9.53 Å². The summed E-state index contributed by atoms with van der Waals surface area (Å²) in [4.78, 5) is 13.1. The molecule has 1 atom stereocenters. The van der Waals surface area contributed by atoms with Gasteiger partial charge in [0.05, 0.1) is 7.11 Å². The van der Waals surface area contributed by atoms with Crippen LogP contribution in [-0.2, 0) is 4.79 Å². The standard InChI is InChI=1S/C12H17ClN2O2/c1-15(2)12(16)7-10(14)9-6-8(13)4-5-11(9)17-3/h4-6,10H,7,14H2,1-3H3. The summed E-state index contributed by atoms with van der Waals surface area (Å²) in [6, 6.07) is 4.79. The fourth-order valence-electron chi connectivity index (χ4n) is 1.48. The number of nitrogens with two attached hydrogens (primary N) is 1. The van der Waals surface area contributed by atoms with Crippen molar-refractivity contribution in [3.8, 4) is 5.75 Å². The van der Waals surface area contributed by atoms with E-state index in [0.29, 0.717) is 10.8 Å². The molecule has 0 aliphatic carbocycles. The average molecular weight is 257 g/mol. The summed E-state index contributed by atoms with van der Waals surface area (Å²) < 4.78 is 5.20. The zero-order valence-corrected chi connectivity index (χ0v) is 11.0. The molecule has 0 aliphatic heterocycles. The summed E-state index contributed by atoms with van der Waals surface area (Å²) in [6.07, 6.45) is 0.226. The molecule has 17 heavy (non-hydrogen) atoms. The van der Waals surface area contributed by atoms with Crippen LogP contribution in [0.2, 0.25) is 5.02 Å². The van der Waals surface area contributed by atoms with Gasteiger partial charge in [-0.05, 0) is 18.2 Å². The van der Waals surface area contributed by atoms with Gasteiger partial charge in [-0.3, -0.25) is 4.79 Å². The normalized spacial score (nSPS) is 12.1. The topological polar surface area (TPSA) is 55.6 Å². The third-order valence-corrected chi connectivity index (χ3v) is 2.72. The molecule has 0 radical (unpaired) electrons. The van der Waals surface area contributed by atoms with Crippen LogP contribution in [0.15, 0.2) is 18.2 Å². The lowest BCUT2D eigenvalue weighted by Crippen LogP contribution is -2.26. The molecule has 0 saturated heterocycles. The minimum absolute atomic E-state index is 0.0282. The number of amides is 1. The number of hydrogen-bond acceptors (Lipinski definition) is 3. The molecule has 2 N–H and O–H groups in total. The maximum Gasteiger partial charge on any atom is 0.223 e. The zero-order chi connectivity index (χ0) is 13.0. The van der Waals surface area contributed by atoms with E-state index in [1.807, 2.05) is 0 Å². The van der Waals surface area contributed by atoms with Crippen LogP contribution in [0.25, 0.3) is 0 Å². The van der Waals surface area contributed by atoms with Gasteiger partial charge in [0.15, 0.2) is 0 Å². The van der Waals surface area contributed by atoms with Gasteiger partial charge in [-0.15, -0.1) is 0 Å². The van der Waals surface area contributed by atoms with Crippen LogP contribution in [0.4, 0.5) is 0 Å². The maximum absolute atomic E-state index is 11.6. The lowest BCUT2D eigenvalue weighted by atomic mass is 10.0.